The maximum atomic E-state index is 13.2. The van der Waals surface area contributed by atoms with Crippen molar-refractivity contribution < 1.29 is 19.4 Å². The molecule has 4 heterocycles. The Labute approximate surface area is 158 Å². The molecule has 0 spiro atoms. The molecule has 27 heavy (non-hydrogen) atoms. The molecule has 6 atom stereocenters. The van der Waals surface area contributed by atoms with Gasteiger partial charge in [-0.1, -0.05) is 31.2 Å². The van der Waals surface area contributed by atoms with Crippen molar-refractivity contribution in [1.82, 2.24) is 4.90 Å². The molecule has 1 aliphatic carbocycles. The molecule has 0 saturated carbocycles. The molecule has 2 fully saturated rings. The summed E-state index contributed by atoms with van der Waals surface area (Å²) in [7, 11) is 0. The summed E-state index contributed by atoms with van der Waals surface area (Å²) in [6.07, 6.45) is 10.3. The highest BCUT2D eigenvalue weighted by molar-refractivity contribution is 6.18. The number of cyclic esters (lactones) is 1. The summed E-state index contributed by atoms with van der Waals surface area (Å²) in [5.74, 6) is -1.26. The SMILES string of the molecule is CCC1C2C=C3C4=NC5CCC=CC5C=C4CN3C(=O)C2COC(=O)[C@H]1O. The summed E-state index contributed by atoms with van der Waals surface area (Å²) in [4.78, 5) is 32.1. The Morgan fingerprint density at radius 2 is 2.19 bits per heavy atom. The van der Waals surface area contributed by atoms with Crippen molar-refractivity contribution in [2.45, 2.75) is 38.3 Å². The lowest BCUT2D eigenvalue weighted by Gasteiger charge is -2.36. The third-order valence-electron chi connectivity index (χ3n) is 6.70. The number of esters is 1. The smallest absolute Gasteiger partial charge is 0.335 e. The minimum absolute atomic E-state index is 0.0191. The highest BCUT2D eigenvalue weighted by atomic mass is 16.5. The van der Waals surface area contributed by atoms with Gasteiger partial charge in [0.05, 0.1) is 29.9 Å². The number of amides is 1. The number of dihydropyridines is 1. The quantitative estimate of drug-likeness (QED) is 0.563. The largest absolute Gasteiger partial charge is 0.463 e. The van der Waals surface area contributed by atoms with E-state index in [0.717, 1.165) is 29.8 Å². The first-order chi connectivity index (χ1) is 13.1. The molecule has 6 heteroatoms. The molecule has 142 valence electrons. The number of aliphatic imine (C=N–C) groups is 1. The van der Waals surface area contributed by atoms with Gasteiger partial charge < -0.3 is 14.7 Å². The lowest BCUT2D eigenvalue weighted by molar-refractivity contribution is -0.155. The molecule has 1 N–H and O–H groups in total. The molecule has 4 aliphatic heterocycles. The Morgan fingerprint density at radius 1 is 1.33 bits per heavy atom. The first-order valence-corrected chi connectivity index (χ1v) is 9.92. The maximum absolute atomic E-state index is 13.2. The van der Waals surface area contributed by atoms with Gasteiger partial charge in [0.1, 0.15) is 6.61 Å². The third kappa shape index (κ3) is 2.46. The number of carbonyl (C=O) groups excluding carboxylic acids is 2. The molecule has 5 rings (SSSR count). The number of nitrogens with zero attached hydrogens (tertiary/aromatic N) is 2. The molecule has 0 aromatic carbocycles. The van der Waals surface area contributed by atoms with Crippen LogP contribution in [0.4, 0.5) is 0 Å². The minimum atomic E-state index is -1.18. The molecule has 1 amide bonds. The Hall–Kier alpha value is -2.21. The van der Waals surface area contributed by atoms with Crippen LogP contribution in [0, 0.1) is 23.7 Å². The van der Waals surface area contributed by atoms with E-state index in [2.05, 4.69) is 24.3 Å². The molecule has 0 bridgehead atoms. The maximum Gasteiger partial charge on any atom is 0.335 e. The van der Waals surface area contributed by atoms with Crippen molar-refractivity contribution in [2.75, 3.05) is 13.2 Å². The van der Waals surface area contributed by atoms with Crippen LogP contribution in [-0.2, 0) is 14.3 Å². The fraction of sp³-hybridized carbons (Fsp3) is 0.571. The lowest BCUT2D eigenvalue weighted by atomic mass is 9.75. The molecule has 0 radical (unpaired) electrons. The zero-order valence-corrected chi connectivity index (χ0v) is 15.4. The normalized spacial score (nSPS) is 39.9. The van der Waals surface area contributed by atoms with Gasteiger partial charge in [-0.25, -0.2) is 4.79 Å². The Kier molecular flexibility index (Phi) is 3.86. The van der Waals surface area contributed by atoms with Crippen molar-refractivity contribution in [3.05, 3.63) is 35.6 Å². The van der Waals surface area contributed by atoms with E-state index < -0.39 is 18.0 Å². The van der Waals surface area contributed by atoms with Crippen molar-refractivity contribution in [1.29, 1.82) is 0 Å². The van der Waals surface area contributed by atoms with Crippen LogP contribution in [0.2, 0.25) is 0 Å². The standard InChI is InChI=1S/C21H24N2O4/c1-2-13-14-8-17-18-12(7-11-5-3-4-6-16(11)22-18)9-23(17)20(25)15(14)10-27-21(26)19(13)24/h3,5,7-8,11,13-16,19,24H,2,4,6,9-10H2,1H3/t11?,13?,14?,15?,16?,19-/m0/s1. The first-order valence-electron chi connectivity index (χ1n) is 9.92. The predicted molar refractivity (Wildman–Crippen MR) is 98.7 cm³/mol. The number of hydrogen-bond acceptors (Lipinski definition) is 5. The number of ether oxygens (including phenoxy) is 1. The van der Waals surface area contributed by atoms with Crippen molar-refractivity contribution >= 4 is 17.6 Å². The first kappa shape index (κ1) is 16.9. The molecule has 5 aliphatic rings. The van der Waals surface area contributed by atoms with Crippen molar-refractivity contribution in [2.24, 2.45) is 28.7 Å². The van der Waals surface area contributed by atoms with E-state index in [-0.39, 0.29) is 30.4 Å². The summed E-state index contributed by atoms with van der Waals surface area (Å²) in [5.41, 5.74) is 2.91. The fourth-order valence-corrected chi connectivity index (χ4v) is 5.23. The molecule has 2 saturated heterocycles. The minimum Gasteiger partial charge on any atom is -0.463 e. The van der Waals surface area contributed by atoms with E-state index >= 15 is 0 Å². The second kappa shape index (κ2) is 6.16. The van der Waals surface area contributed by atoms with Crippen LogP contribution in [0.25, 0.3) is 0 Å². The Morgan fingerprint density at radius 3 is 3.00 bits per heavy atom. The monoisotopic (exact) mass is 368 g/mol. The van der Waals surface area contributed by atoms with Gasteiger partial charge in [-0.3, -0.25) is 9.79 Å². The van der Waals surface area contributed by atoms with Gasteiger partial charge in [-0.2, -0.15) is 0 Å². The van der Waals surface area contributed by atoms with Gasteiger partial charge in [-0.05, 0) is 30.8 Å². The van der Waals surface area contributed by atoms with E-state index in [1.807, 2.05) is 6.92 Å². The number of rotatable bonds is 1. The van der Waals surface area contributed by atoms with Crippen LogP contribution in [0.5, 0.6) is 0 Å². The summed E-state index contributed by atoms with van der Waals surface area (Å²) in [6.45, 7) is 2.52. The zero-order chi connectivity index (χ0) is 18.7. The number of carbonyl (C=O) groups is 2. The second-order valence-electron chi connectivity index (χ2n) is 8.13. The van der Waals surface area contributed by atoms with Crippen molar-refractivity contribution in [3.8, 4) is 0 Å². The number of hydrogen-bond donors (Lipinski definition) is 1. The number of aliphatic hydroxyl groups is 1. The molecule has 6 nitrogen and oxygen atoms in total. The van der Waals surface area contributed by atoms with Crippen LogP contribution >= 0.6 is 0 Å². The summed E-state index contributed by atoms with van der Waals surface area (Å²) in [5, 5.41) is 10.4. The Bertz CT molecular complexity index is 824. The van der Waals surface area contributed by atoms with E-state index in [0.29, 0.717) is 18.9 Å². The lowest BCUT2D eigenvalue weighted by Crippen LogP contribution is -2.45. The van der Waals surface area contributed by atoms with Gasteiger partial charge in [-0.15, -0.1) is 0 Å². The van der Waals surface area contributed by atoms with E-state index in [9.17, 15) is 14.7 Å². The number of allylic oxidation sites excluding steroid dienone is 3. The van der Waals surface area contributed by atoms with Gasteiger partial charge in [0.15, 0.2) is 6.10 Å². The van der Waals surface area contributed by atoms with E-state index in [4.69, 9.17) is 9.73 Å². The van der Waals surface area contributed by atoms with Crippen molar-refractivity contribution in [3.63, 3.8) is 0 Å². The highest BCUT2D eigenvalue weighted by Gasteiger charge is 2.50. The van der Waals surface area contributed by atoms with Crippen LogP contribution in [0.15, 0.2) is 40.6 Å². The molecule has 5 unspecified atom stereocenters. The molecular weight excluding hydrogens is 344 g/mol. The Balaban J connectivity index is 1.57. The average Bonchev–Trinajstić information content (AvgIpc) is 2.97. The summed E-state index contributed by atoms with van der Waals surface area (Å²) < 4.78 is 5.21. The third-order valence-corrected chi connectivity index (χ3v) is 6.70. The summed E-state index contributed by atoms with van der Waals surface area (Å²) in [6, 6.07) is 0.244. The average molecular weight is 368 g/mol. The van der Waals surface area contributed by atoms with Gasteiger partial charge in [0.25, 0.3) is 0 Å². The predicted octanol–water partition coefficient (Wildman–Crippen LogP) is 1.62. The fourth-order valence-electron chi connectivity index (χ4n) is 5.23. The van der Waals surface area contributed by atoms with Gasteiger partial charge in [0, 0.05) is 11.8 Å². The van der Waals surface area contributed by atoms with E-state index in [1.165, 1.54) is 0 Å². The van der Waals surface area contributed by atoms with Gasteiger partial charge >= 0.3 is 5.97 Å². The van der Waals surface area contributed by atoms with E-state index in [1.54, 1.807) is 4.90 Å². The molecule has 0 aromatic heterocycles. The van der Waals surface area contributed by atoms with Crippen LogP contribution in [0.1, 0.15) is 26.2 Å². The number of fused-ring (bicyclic) bond motifs is 5. The summed E-state index contributed by atoms with van der Waals surface area (Å²) >= 11 is 0. The van der Waals surface area contributed by atoms with Crippen LogP contribution in [-0.4, -0.2) is 52.9 Å². The highest BCUT2D eigenvalue weighted by Crippen LogP contribution is 2.43. The number of aliphatic hydroxyl groups excluding tert-OH is 1. The topological polar surface area (TPSA) is 79.2 Å². The zero-order valence-electron chi connectivity index (χ0n) is 15.4. The van der Waals surface area contributed by atoms with Crippen LogP contribution < -0.4 is 0 Å². The molecule has 0 aromatic rings. The van der Waals surface area contributed by atoms with Gasteiger partial charge in [0.2, 0.25) is 5.91 Å². The second-order valence-corrected chi connectivity index (χ2v) is 8.13. The molecular formula is C21H24N2O4. The van der Waals surface area contributed by atoms with Crippen LogP contribution in [0.3, 0.4) is 0 Å².